The molecule has 0 fully saturated rings. The molecule has 1 atom stereocenters. The Morgan fingerprint density at radius 1 is 1.57 bits per heavy atom. The number of hydrogen-bond donors (Lipinski definition) is 1. The number of aliphatic hydroxyl groups is 1. The zero-order valence-electron chi connectivity index (χ0n) is 8.00. The Kier molecular flexibility index (Phi) is 4.12. The van der Waals surface area contributed by atoms with Crippen LogP contribution < -0.4 is 0 Å². The lowest BCUT2D eigenvalue weighted by molar-refractivity contribution is 0.255. The summed E-state index contributed by atoms with van der Waals surface area (Å²) >= 11 is 3.43. The smallest absolute Gasteiger partial charge is 0.0734 e. The molecule has 0 aromatic heterocycles. The van der Waals surface area contributed by atoms with Gasteiger partial charge in [-0.25, -0.2) is 0 Å². The lowest BCUT2D eigenvalue weighted by atomic mass is 10.0. The molecule has 0 amide bonds. The van der Waals surface area contributed by atoms with Crippen LogP contribution in [0.15, 0.2) is 22.7 Å². The van der Waals surface area contributed by atoms with E-state index in [1.807, 2.05) is 25.1 Å². The third kappa shape index (κ3) is 2.83. The minimum Gasteiger partial charge on any atom is -0.395 e. The first-order chi connectivity index (χ1) is 6.67. The van der Waals surface area contributed by atoms with Crippen molar-refractivity contribution in [3.63, 3.8) is 0 Å². The van der Waals surface area contributed by atoms with E-state index in [1.165, 1.54) is 5.56 Å². The largest absolute Gasteiger partial charge is 0.395 e. The Labute approximate surface area is 92.3 Å². The Bertz CT molecular complexity index is 357. The number of rotatable bonds is 3. The van der Waals surface area contributed by atoms with Gasteiger partial charge in [0.1, 0.15) is 0 Å². The third-order valence-electron chi connectivity index (χ3n) is 2.12. The number of aryl methyl sites for hydroxylation is 1. The van der Waals surface area contributed by atoms with Crippen LogP contribution in [-0.4, -0.2) is 11.7 Å². The van der Waals surface area contributed by atoms with Crippen molar-refractivity contribution < 1.29 is 5.11 Å². The van der Waals surface area contributed by atoms with Crippen molar-refractivity contribution in [2.24, 2.45) is 5.92 Å². The van der Waals surface area contributed by atoms with Gasteiger partial charge in [0.2, 0.25) is 0 Å². The first-order valence-electron chi connectivity index (χ1n) is 4.43. The Morgan fingerprint density at radius 3 is 2.79 bits per heavy atom. The zero-order chi connectivity index (χ0) is 10.6. The molecule has 14 heavy (non-hydrogen) atoms. The van der Waals surface area contributed by atoms with Crippen LogP contribution in [0.5, 0.6) is 0 Å². The lowest BCUT2D eigenvalue weighted by Gasteiger charge is -2.06. The molecule has 1 N–H and O–H groups in total. The van der Waals surface area contributed by atoms with Crippen LogP contribution in [0, 0.1) is 24.2 Å². The summed E-state index contributed by atoms with van der Waals surface area (Å²) in [5, 5.41) is 17.6. The summed E-state index contributed by atoms with van der Waals surface area (Å²) in [5.41, 5.74) is 2.24. The predicted octanol–water partition coefficient (Wildman–Crippen LogP) is 2.43. The van der Waals surface area contributed by atoms with Crippen LogP contribution >= 0.6 is 15.9 Å². The van der Waals surface area contributed by atoms with E-state index in [1.54, 1.807) is 0 Å². The maximum atomic E-state index is 8.88. The number of nitriles is 1. The van der Waals surface area contributed by atoms with Gasteiger partial charge in [0.15, 0.2) is 0 Å². The van der Waals surface area contributed by atoms with E-state index < -0.39 is 0 Å². The van der Waals surface area contributed by atoms with Gasteiger partial charge in [0.05, 0.1) is 18.6 Å². The van der Waals surface area contributed by atoms with E-state index in [-0.39, 0.29) is 12.5 Å². The van der Waals surface area contributed by atoms with Crippen LogP contribution in [0.4, 0.5) is 0 Å². The first kappa shape index (κ1) is 11.2. The summed E-state index contributed by atoms with van der Waals surface area (Å²) in [5.74, 6) is -0.301. The monoisotopic (exact) mass is 253 g/mol. The van der Waals surface area contributed by atoms with Gasteiger partial charge >= 0.3 is 0 Å². The highest BCUT2D eigenvalue weighted by Crippen LogP contribution is 2.19. The molecule has 0 saturated carbocycles. The van der Waals surface area contributed by atoms with E-state index in [4.69, 9.17) is 10.4 Å². The van der Waals surface area contributed by atoms with E-state index >= 15 is 0 Å². The van der Waals surface area contributed by atoms with Gasteiger partial charge in [-0.05, 0) is 30.5 Å². The second-order valence-corrected chi connectivity index (χ2v) is 4.15. The quantitative estimate of drug-likeness (QED) is 0.900. The number of halogens is 1. The summed E-state index contributed by atoms with van der Waals surface area (Å²) in [4.78, 5) is 0. The molecule has 0 heterocycles. The molecule has 0 radical (unpaired) electrons. The summed E-state index contributed by atoms with van der Waals surface area (Å²) in [6.45, 7) is 1.93. The molecular formula is C11H12BrNO. The van der Waals surface area contributed by atoms with Gasteiger partial charge in [-0.1, -0.05) is 28.1 Å². The maximum Gasteiger partial charge on any atom is 0.0734 e. The molecule has 1 rings (SSSR count). The second kappa shape index (κ2) is 5.14. The van der Waals surface area contributed by atoms with Crippen LogP contribution in [0.25, 0.3) is 0 Å². The number of hydrogen-bond acceptors (Lipinski definition) is 2. The van der Waals surface area contributed by atoms with Crippen molar-refractivity contribution in [1.82, 2.24) is 0 Å². The van der Waals surface area contributed by atoms with Crippen molar-refractivity contribution in [1.29, 1.82) is 5.26 Å². The lowest BCUT2D eigenvalue weighted by Crippen LogP contribution is -2.06. The van der Waals surface area contributed by atoms with E-state index in [0.29, 0.717) is 6.42 Å². The topological polar surface area (TPSA) is 44.0 Å². The Balaban J connectivity index is 2.78. The van der Waals surface area contributed by atoms with Crippen LogP contribution in [0.3, 0.4) is 0 Å². The highest BCUT2D eigenvalue weighted by atomic mass is 79.9. The molecular weight excluding hydrogens is 242 g/mol. The van der Waals surface area contributed by atoms with Gasteiger partial charge in [-0.2, -0.15) is 5.26 Å². The van der Waals surface area contributed by atoms with Gasteiger partial charge in [-0.3, -0.25) is 0 Å². The van der Waals surface area contributed by atoms with Gasteiger partial charge in [0, 0.05) is 4.47 Å². The maximum absolute atomic E-state index is 8.88. The van der Waals surface area contributed by atoms with Crippen LogP contribution in [-0.2, 0) is 6.42 Å². The van der Waals surface area contributed by atoms with E-state index in [0.717, 1.165) is 10.0 Å². The fourth-order valence-corrected chi connectivity index (χ4v) is 1.63. The van der Waals surface area contributed by atoms with Gasteiger partial charge < -0.3 is 5.11 Å². The average Bonchev–Trinajstić information content (AvgIpc) is 2.19. The summed E-state index contributed by atoms with van der Waals surface area (Å²) in [7, 11) is 0. The van der Waals surface area contributed by atoms with E-state index in [9.17, 15) is 0 Å². The molecule has 1 unspecified atom stereocenters. The molecule has 3 heteroatoms. The predicted molar refractivity (Wildman–Crippen MR) is 58.8 cm³/mol. The number of nitrogens with zero attached hydrogens (tertiary/aromatic N) is 1. The summed E-state index contributed by atoms with van der Waals surface area (Å²) in [6.07, 6.45) is 0.603. The molecule has 2 nitrogen and oxygen atoms in total. The molecule has 1 aromatic carbocycles. The number of benzene rings is 1. The normalized spacial score (nSPS) is 12.1. The van der Waals surface area contributed by atoms with Gasteiger partial charge in [-0.15, -0.1) is 0 Å². The summed E-state index contributed by atoms with van der Waals surface area (Å²) < 4.78 is 1.05. The fourth-order valence-electron chi connectivity index (χ4n) is 1.20. The highest BCUT2D eigenvalue weighted by molar-refractivity contribution is 9.10. The minimum absolute atomic E-state index is 0.0814. The summed E-state index contributed by atoms with van der Waals surface area (Å²) in [6, 6.07) is 8.06. The molecule has 0 aliphatic rings. The third-order valence-corrected chi connectivity index (χ3v) is 2.98. The molecule has 1 aromatic rings. The van der Waals surface area contributed by atoms with Crippen molar-refractivity contribution >= 4 is 15.9 Å². The van der Waals surface area contributed by atoms with E-state index in [2.05, 4.69) is 22.0 Å². The van der Waals surface area contributed by atoms with Gasteiger partial charge in [0.25, 0.3) is 0 Å². The Morgan fingerprint density at radius 2 is 2.29 bits per heavy atom. The highest BCUT2D eigenvalue weighted by Gasteiger charge is 2.07. The number of aliphatic hydroxyl groups excluding tert-OH is 1. The second-order valence-electron chi connectivity index (χ2n) is 3.30. The molecule has 0 aliphatic carbocycles. The molecule has 74 valence electrons. The molecule has 0 bridgehead atoms. The zero-order valence-corrected chi connectivity index (χ0v) is 9.58. The Hall–Kier alpha value is -0.850. The SMILES string of the molecule is Cc1ccc(CC(C#N)CO)cc1Br. The standard InChI is InChI=1S/C11H12BrNO/c1-8-2-3-9(5-11(8)12)4-10(6-13)7-14/h2-3,5,10,14H,4,7H2,1H3. The average molecular weight is 254 g/mol. The molecule has 0 spiro atoms. The van der Waals surface area contributed by atoms with Crippen LogP contribution in [0.1, 0.15) is 11.1 Å². The van der Waals surface area contributed by atoms with Crippen molar-refractivity contribution in [3.8, 4) is 6.07 Å². The minimum atomic E-state index is -0.301. The molecule has 0 aliphatic heterocycles. The van der Waals surface area contributed by atoms with Crippen LogP contribution in [0.2, 0.25) is 0 Å². The fraction of sp³-hybridized carbons (Fsp3) is 0.364. The van der Waals surface area contributed by atoms with Crippen molar-refractivity contribution in [3.05, 3.63) is 33.8 Å². The van der Waals surface area contributed by atoms with Crippen molar-refractivity contribution in [2.45, 2.75) is 13.3 Å². The first-order valence-corrected chi connectivity index (χ1v) is 5.22. The molecule has 0 saturated heterocycles. The van der Waals surface area contributed by atoms with Crippen molar-refractivity contribution in [2.75, 3.05) is 6.61 Å².